The van der Waals surface area contributed by atoms with E-state index in [0.717, 1.165) is 25.3 Å². The zero-order valence-corrected chi connectivity index (χ0v) is 11.0. The van der Waals surface area contributed by atoms with Crippen molar-refractivity contribution in [2.75, 3.05) is 52.0 Å². The van der Waals surface area contributed by atoms with Crippen molar-refractivity contribution in [1.82, 2.24) is 14.9 Å². The van der Waals surface area contributed by atoms with Crippen molar-refractivity contribution in [1.29, 1.82) is 0 Å². The molecule has 1 heterocycles. The number of methoxy groups -OCH3 is 1. The summed E-state index contributed by atoms with van der Waals surface area (Å²) in [6.07, 6.45) is 2.52. The van der Waals surface area contributed by atoms with Gasteiger partial charge >= 0.3 is 0 Å². The Hall–Kier alpha value is -1.56. The maximum absolute atomic E-state index is 5.92. The minimum absolute atomic E-state index is 0.425. The third-order valence-electron chi connectivity index (χ3n) is 2.48. The Morgan fingerprint density at radius 2 is 1.94 bits per heavy atom. The SMILES string of the molecule is COc1ncnc(N(C)CCCN(C)C)c1N. The van der Waals surface area contributed by atoms with Gasteiger partial charge in [0.05, 0.1) is 7.11 Å². The molecule has 0 aliphatic carbocycles. The average molecular weight is 239 g/mol. The minimum atomic E-state index is 0.425. The fraction of sp³-hybridized carbons (Fsp3) is 0.636. The third kappa shape index (κ3) is 3.74. The van der Waals surface area contributed by atoms with Crippen molar-refractivity contribution >= 4 is 11.5 Å². The van der Waals surface area contributed by atoms with E-state index in [1.165, 1.54) is 6.33 Å². The molecule has 0 saturated heterocycles. The molecule has 0 atom stereocenters. The summed E-state index contributed by atoms with van der Waals surface area (Å²) >= 11 is 0. The van der Waals surface area contributed by atoms with Crippen LogP contribution in [0.15, 0.2) is 6.33 Å². The summed E-state index contributed by atoms with van der Waals surface area (Å²) in [6, 6.07) is 0. The topological polar surface area (TPSA) is 67.5 Å². The first-order valence-corrected chi connectivity index (χ1v) is 5.56. The van der Waals surface area contributed by atoms with Crippen LogP contribution < -0.4 is 15.4 Å². The summed E-state index contributed by atoms with van der Waals surface area (Å²) in [7, 11) is 7.63. The molecule has 0 bridgehead atoms. The highest BCUT2D eigenvalue weighted by atomic mass is 16.5. The van der Waals surface area contributed by atoms with Crippen molar-refractivity contribution < 1.29 is 4.74 Å². The summed E-state index contributed by atoms with van der Waals surface area (Å²) < 4.78 is 5.07. The highest BCUT2D eigenvalue weighted by Crippen LogP contribution is 2.26. The second-order valence-corrected chi connectivity index (χ2v) is 4.20. The largest absolute Gasteiger partial charge is 0.479 e. The lowest BCUT2D eigenvalue weighted by Gasteiger charge is -2.21. The fourth-order valence-corrected chi connectivity index (χ4v) is 1.57. The van der Waals surface area contributed by atoms with Gasteiger partial charge in [-0.05, 0) is 27.1 Å². The smallest absolute Gasteiger partial charge is 0.242 e. The van der Waals surface area contributed by atoms with Gasteiger partial charge in [0.25, 0.3) is 0 Å². The minimum Gasteiger partial charge on any atom is -0.479 e. The van der Waals surface area contributed by atoms with E-state index in [0.29, 0.717) is 11.6 Å². The van der Waals surface area contributed by atoms with Crippen molar-refractivity contribution in [2.24, 2.45) is 0 Å². The first-order valence-electron chi connectivity index (χ1n) is 5.56. The van der Waals surface area contributed by atoms with E-state index in [-0.39, 0.29) is 0 Å². The van der Waals surface area contributed by atoms with Crippen LogP contribution in [0.4, 0.5) is 11.5 Å². The van der Waals surface area contributed by atoms with Crippen molar-refractivity contribution in [3.05, 3.63) is 6.33 Å². The molecular weight excluding hydrogens is 218 g/mol. The molecule has 1 rings (SSSR count). The Kier molecular flexibility index (Phi) is 4.96. The molecule has 6 nitrogen and oxygen atoms in total. The lowest BCUT2D eigenvalue weighted by Crippen LogP contribution is -2.25. The third-order valence-corrected chi connectivity index (χ3v) is 2.48. The maximum Gasteiger partial charge on any atom is 0.242 e. The van der Waals surface area contributed by atoms with Gasteiger partial charge in [-0.2, -0.15) is 4.98 Å². The second-order valence-electron chi connectivity index (χ2n) is 4.20. The molecule has 96 valence electrons. The zero-order chi connectivity index (χ0) is 12.8. The molecule has 0 fully saturated rings. The first kappa shape index (κ1) is 13.5. The van der Waals surface area contributed by atoms with E-state index in [1.54, 1.807) is 7.11 Å². The first-order chi connectivity index (χ1) is 8.06. The molecule has 0 amide bonds. The molecule has 6 heteroatoms. The molecule has 0 aliphatic heterocycles. The van der Waals surface area contributed by atoms with Crippen molar-refractivity contribution in [3.8, 4) is 5.88 Å². The summed E-state index contributed by atoms with van der Waals surface area (Å²) in [5.74, 6) is 1.14. The highest BCUT2D eigenvalue weighted by Gasteiger charge is 2.11. The number of anilines is 2. The van der Waals surface area contributed by atoms with Gasteiger partial charge in [-0.15, -0.1) is 0 Å². The van der Waals surface area contributed by atoms with Gasteiger partial charge in [0.2, 0.25) is 5.88 Å². The van der Waals surface area contributed by atoms with Gasteiger partial charge in [-0.1, -0.05) is 0 Å². The number of nitrogens with zero attached hydrogens (tertiary/aromatic N) is 4. The molecule has 0 radical (unpaired) electrons. The van der Waals surface area contributed by atoms with Crippen LogP contribution in [0, 0.1) is 0 Å². The van der Waals surface area contributed by atoms with E-state index in [1.807, 2.05) is 11.9 Å². The van der Waals surface area contributed by atoms with Crippen LogP contribution in [0.2, 0.25) is 0 Å². The lowest BCUT2D eigenvalue weighted by atomic mass is 10.3. The van der Waals surface area contributed by atoms with Crippen LogP contribution in [0.3, 0.4) is 0 Å². The Labute approximate surface area is 102 Å². The zero-order valence-electron chi connectivity index (χ0n) is 11.0. The van der Waals surface area contributed by atoms with E-state index in [2.05, 4.69) is 29.0 Å². The van der Waals surface area contributed by atoms with Crippen LogP contribution in [0.5, 0.6) is 5.88 Å². The number of aromatic nitrogens is 2. The molecule has 1 aromatic heterocycles. The number of ether oxygens (including phenoxy) is 1. The quantitative estimate of drug-likeness (QED) is 0.777. The molecule has 0 saturated carbocycles. The van der Waals surface area contributed by atoms with Gasteiger partial charge in [0, 0.05) is 13.6 Å². The van der Waals surface area contributed by atoms with Crippen LogP contribution >= 0.6 is 0 Å². The van der Waals surface area contributed by atoms with Gasteiger partial charge in [-0.25, -0.2) is 4.98 Å². The number of hydrogen-bond acceptors (Lipinski definition) is 6. The Morgan fingerprint density at radius 3 is 2.53 bits per heavy atom. The number of rotatable bonds is 6. The summed E-state index contributed by atoms with van der Waals surface area (Å²) in [6.45, 7) is 1.93. The summed E-state index contributed by atoms with van der Waals surface area (Å²) in [4.78, 5) is 12.3. The van der Waals surface area contributed by atoms with Crippen LogP contribution in [-0.2, 0) is 0 Å². The van der Waals surface area contributed by atoms with Gasteiger partial charge < -0.3 is 20.3 Å². The number of nitrogens with two attached hydrogens (primary N) is 1. The number of nitrogen functional groups attached to an aromatic ring is 1. The van der Waals surface area contributed by atoms with Gasteiger partial charge in [0.15, 0.2) is 5.82 Å². The Morgan fingerprint density at radius 1 is 1.24 bits per heavy atom. The predicted octanol–water partition coefficient (Wildman–Crippen LogP) is 0.455. The lowest BCUT2D eigenvalue weighted by molar-refractivity contribution is 0.397. The van der Waals surface area contributed by atoms with Crippen molar-refractivity contribution in [2.45, 2.75) is 6.42 Å². The molecular formula is C11H21N5O. The molecule has 0 unspecified atom stereocenters. The summed E-state index contributed by atoms with van der Waals surface area (Å²) in [5, 5.41) is 0. The van der Waals surface area contributed by atoms with Crippen molar-refractivity contribution in [3.63, 3.8) is 0 Å². The van der Waals surface area contributed by atoms with E-state index in [9.17, 15) is 0 Å². The van der Waals surface area contributed by atoms with Crippen LogP contribution in [0.25, 0.3) is 0 Å². The van der Waals surface area contributed by atoms with E-state index < -0.39 is 0 Å². The van der Waals surface area contributed by atoms with E-state index >= 15 is 0 Å². The summed E-state index contributed by atoms with van der Waals surface area (Å²) in [5.41, 5.74) is 6.41. The second kappa shape index (κ2) is 6.24. The maximum atomic E-state index is 5.92. The number of hydrogen-bond donors (Lipinski definition) is 1. The predicted molar refractivity (Wildman–Crippen MR) is 69.4 cm³/mol. The Bertz CT molecular complexity index is 356. The molecule has 0 aromatic carbocycles. The molecule has 0 spiro atoms. The molecule has 17 heavy (non-hydrogen) atoms. The van der Waals surface area contributed by atoms with Gasteiger partial charge in [-0.3, -0.25) is 0 Å². The molecule has 1 aromatic rings. The standard InChI is InChI=1S/C11H21N5O/c1-15(2)6-5-7-16(3)10-9(12)11(17-4)14-8-13-10/h8H,5-7,12H2,1-4H3. The average Bonchev–Trinajstić information content (AvgIpc) is 2.28. The van der Waals surface area contributed by atoms with E-state index in [4.69, 9.17) is 10.5 Å². The fourth-order valence-electron chi connectivity index (χ4n) is 1.57. The van der Waals surface area contributed by atoms with Crippen LogP contribution in [0.1, 0.15) is 6.42 Å². The molecule has 2 N–H and O–H groups in total. The highest BCUT2D eigenvalue weighted by molar-refractivity contribution is 5.67. The normalized spacial score (nSPS) is 10.6. The Balaban J connectivity index is 2.65. The molecule has 0 aliphatic rings. The van der Waals surface area contributed by atoms with Crippen LogP contribution in [-0.4, -0.2) is 56.2 Å². The monoisotopic (exact) mass is 239 g/mol. The van der Waals surface area contributed by atoms with Gasteiger partial charge in [0.1, 0.15) is 12.0 Å².